The quantitative estimate of drug-likeness (QED) is 0.398. The zero-order chi connectivity index (χ0) is 27.2. The Hall–Kier alpha value is -2.29. The van der Waals surface area contributed by atoms with Crippen molar-refractivity contribution in [3.63, 3.8) is 0 Å². The van der Waals surface area contributed by atoms with Gasteiger partial charge >= 0.3 is 0 Å². The van der Waals surface area contributed by atoms with E-state index in [1.54, 1.807) is 43.3 Å². The second-order valence-corrected chi connectivity index (χ2v) is 12.5. The summed E-state index contributed by atoms with van der Waals surface area (Å²) in [5.74, 6) is -0.458. The lowest BCUT2D eigenvalue weighted by molar-refractivity contribution is -0.140. The number of nitrogens with zero attached hydrogens (tertiary/aromatic N) is 2. The molecular weight excluding hydrogens is 533 g/mol. The molecule has 1 atom stereocenters. The Morgan fingerprint density at radius 3 is 2.43 bits per heavy atom. The van der Waals surface area contributed by atoms with Crippen molar-refractivity contribution in [2.75, 3.05) is 17.1 Å². The first-order chi connectivity index (χ1) is 17.5. The van der Waals surface area contributed by atoms with Crippen molar-refractivity contribution < 1.29 is 18.0 Å². The Kier molecular flexibility index (Phi) is 10.3. The van der Waals surface area contributed by atoms with E-state index in [0.29, 0.717) is 27.7 Å². The first-order valence-electron chi connectivity index (χ1n) is 12.5. The van der Waals surface area contributed by atoms with Crippen LogP contribution >= 0.6 is 23.2 Å². The standard InChI is InChI=1S/C27H35Cl2N3O4S/c1-19-8-6-11-24(16-19)32(37(3,35)36)15-7-12-26(33)31(18-21-13-14-22(28)17-25(21)29)20(2)27(34)30-23-9-4-5-10-23/h6,8,11,13-14,16-17,20,23H,4-5,7,9-10,12,15,18H2,1-3H3,(H,30,34). The highest BCUT2D eigenvalue weighted by Gasteiger charge is 2.29. The molecule has 1 saturated carbocycles. The molecule has 1 aliphatic rings. The van der Waals surface area contributed by atoms with Crippen molar-refractivity contribution in [2.24, 2.45) is 0 Å². The summed E-state index contributed by atoms with van der Waals surface area (Å²) in [6.07, 6.45) is 5.57. The smallest absolute Gasteiger partial charge is 0.242 e. The van der Waals surface area contributed by atoms with Crippen molar-refractivity contribution in [3.8, 4) is 0 Å². The molecule has 0 aromatic heterocycles. The van der Waals surface area contributed by atoms with Crippen LogP contribution in [-0.2, 0) is 26.2 Å². The number of carbonyl (C=O) groups is 2. The number of sulfonamides is 1. The molecule has 0 aliphatic heterocycles. The van der Waals surface area contributed by atoms with E-state index in [0.717, 1.165) is 37.5 Å². The third-order valence-electron chi connectivity index (χ3n) is 6.67. The SMILES string of the molecule is Cc1cccc(N(CCCC(=O)N(Cc2ccc(Cl)cc2Cl)C(C)C(=O)NC2CCCC2)S(C)(=O)=O)c1. The summed E-state index contributed by atoms with van der Waals surface area (Å²) in [7, 11) is -3.54. The molecular formula is C27H35Cl2N3O4S. The van der Waals surface area contributed by atoms with Gasteiger partial charge in [0.25, 0.3) is 0 Å². The lowest BCUT2D eigenvalue weighted by Crippen LogP contribution is -2.49. The van der Waals surface area contributed by atoms with Crippen LogP contribution in [0.1, 0.15) is 56.6 Å². The number of hydrogen-bond donors (Lipinski definition) is 1. The fourth-order valence-corrected chi connectivity index (χ4v) is 6.02. The van der Waals surface area contributed by atoms with Gasteiger partial charge < -0.3 is 10.2 Å². The zero-order valence-corrected chi connectivity index (χ0v) is 23.9. The van der Waals surface area contributed by atoms with Crippen LogP contribution in [0.5, 0.6) is 0 Å². The normalized spacial score (nSPS) is 14.8. The molecule has 1 N–H and O–H groups in total. The molecule has 0 spiro atoms. The van der Waals surface area contributed by atoms with Crippen molar-refractivity contribution in [3.05, 3.63) is 63.6 Å². The van der Waals surface area contributed by atoms with Crippen LogP contribution in [-0.4, -0.2) is 50.0 Å². The highest BCUT2D eigenvalue weighted by molar-refractivity contribution is 7.92. The van der Waals surface area contributed by atoms with E-state index in [2.05, 4.69) is 5.32 Å². The first-order valence-corrected chi connectivity index (χ1v) is 15.1. The molecule has 10 heteroatoms. The Balaban J connectivity index is 1.74. The average Bonchev–Trinajstić information content (AvgIpc) is 3.33. The lowest BCUT2D eigenvalue weighted by Gasteiger charge is -2.30. The molecule has 0 heterocycles. The Morgan fingerprint density at radius 1 is 1.11 bits per heavy atom. The average molecular weight is 569 g/mol. The summed E-state index contributed by atoms with van der Waals surface area (Å²) in [5, 5.41) is 3.97. The maximum absolute atomic E-state index is 13.4. The van der Waals surface area contributed by atoms with Crippen LogP contribution in [0, 0.1) is 6.92 Å². The summed E-state index contributed by atoms with van der Waals surface area (Å²) in [6.45, 7) is 3.89. The molecule has 3 rings (SSSR count). The Labute approximate surface area is 230 Å². The Bertz CT molecular complexity index is 1220. The zero-order valence-electron chi connectivity index (χ0n) is 21.5. The van der Waals surface area contributed by atoms with E-state index < -0.39 is 16.1 Å². The number of aryl methyl sites for hydroxylation is 1. The van der Waals surface area contributed by atoms with Gasteiger partial charge in [-0.25, -0.2) is 8.42 Å². The maximum Gasteiger partial charge on any atom is 0.242 e. The molecule has 2 aromatic carbocycles. The summed E-state index contributed by atoms with van der Waals surface area (Å²) >= 11 is 12.4. The van der Waals surface area contributed by atoms with Gasteiger partial charge in [-0.1, -0.05) is 54.2 Å². The van der Waals surface area contributed by atoms with Gasteiger partial charge in [-0.2, -0.15) is 0 Å². The van der Waals surface area contributed by atoms with E-state index >= 15 is 0 Å². The van der Waals surface area contributed by atoms with Crippen LogP contribution in [0.25, 0.3) is 0 Å². The molecule has 1 fully saturated rings. The van der Waals surface area contributed by atoms with E-state index in [-0.39, 0.29) is 37.4 Å². The fourth-order valence-electron chi connectivity index (χ4n) is 4.59. The van der Waals surface area contributed by atoms with Crippen LogP contribution in [0.15, 0.2) is 42.5 Å². The molecule has 1 aliphatic carbocycles. The van der Waals surface area contributed by atoms with E-state index in [1.807, 2.05) is 13.0 Å². The van der Waals surface area contributed by atoms with E-state index in [1.165, 1.54) is 9.21 Å². The van der Waals surface area contributed by atoms with Gasteiger partial charge in [0.2, 0.25) is 21.8 Å². The first kappa shape index (κ1) is 29.3. The number of benzene rings is 2. The van der Waals surface area contributed by atoms with Crippen molar-refractivity contribution >= 4 is 50.7 Å². The lowest BCUT2D eigenvalue weighted by atomic mass is 10.1. The van der Waals surface area contributed by atoms with Gasteiger partial charge in [0.05, 0.1) is 11.9 Å². The second kappa shape index (κ2) is 13.0. The summed E-state index contributed by atoms with van der Waals surface area (Å²) in [6, 6.07) is 11.7. The number of anilines is 1. The van der Waals surface area contributed by atoms with Gasteiger partial charge in [-0.3, -0.25) is 13.9 Å². The summed E-state index contributed by atoms with van der Waals surface area (Å²) < 4.78 is 26.3. The van der Waals surface area contributed by atoms with Gasteiger partial charge in [0.1, 0.15) is 6.04 Å². The predicted molar refractivity (Wildman–Crippen MR) is 149 cm³/mol. The largest absolute Gasteiger partial charge is 0.352 e. The van der Waals surface area contributed by atoms with E-state index in [4.69, 9.17) is 23.2 Å². The number of rotatable bonds is 11. The number of carbonyl (C=O) groups excluding carboxylic acids is 2. The van der Waals surface area contributed by atoms with Crippen LogP contribution < -0.4 is 9.62 Å². The summed E-state index contributed by atoms with van der Waals surface area (Å²) in [4.78, 5) is 28.0. The van der Waals surface area contributed by atoms with E-state index in [9.17, 15) is 18.0 Å². The van der Waals surface area contributed by atoms with Gasteiger partial charge in [0.15, 0.2) is 0 Å². The van der Waals surface area contributed by atoms with Crippen molar-refractivity contribution in [2.45, 2.75) is 71.0 Å². The molecule has 0 radical (unpaired) electrons. The van der Waals surface area contributed by atoms with Crippen molar-refractivity contribution in [1.29, 1.82) is 0 Å². The molecule has 7 nitrogen and oxygen atoms in total. The number of hydrogen-bond acceptors (Lipinski definition) is 4. The van der Waals surface area contributed by atoms with Crippen LogP contribution in [0.2, 0.25) is 10.0 Å². The van der Waals surface area contributed by atoms with Gasteiger partial charge in [0, 0.05) is 35.6 Å². The maximum atomic E-state index is 13.4. The van der Waals surface area contributed by atoms with Gasteiger partial charge in [-0.05, 0) is 68.5 Å². The highest BCUT2D eigenvalue weighted by Crippen LogP contribution is 2.25. The third-order valence-corrected chi connectivity index (χ3v) is 8.45. The molecule has 2 amide bonds. The van der Waals surface area contributed by atoms with Crippen LogP contribution in [0.3, 0.4) is 0 Å². The van der Waals surface area contributed by atoms with Crippen LogP contribution in [0.4, 0.5) is 5.69 Å². The second-order valence-electron chi connectivity index (χ2n) is 9.70. The Morgan fingerprint density at radius 2 is 1.81 bits per heavy atom. The summed E-state index contributed by atoms with van der Waals surface area (Å²) in [5.41, 5.74) is 2.18. The number of amides is 2. The fraction of sp³-hybridized carbons (Fsp3) is 0.481. The highest BCUT2D eigenvalue weighted by atomic mass is 35.5. The number of halogens is 2. The topological polar surface area (TPSA) is 86.8 Å². The van der Waals surface area contributed by atoms with Gasteiger partial charge in [-0.15, -0.1) is 0 Å². The molecule has 37 heavy (non-hydrogen) atoms. The minimum atomic E-state index is -3.54. The molecule has 202 valence electrons. The minimum Gasteiger partial charge on any atom is -0.352 e. The molecule has 0 saturated heterocycles. The predicted octanol–water partition coefficient (Wildman–Crippen LogP) is 5.32. The molecule has 2 aromatic rings. The molecule has 0 bridgehead atoms. The number of nitrogens with one attached hydrogen (secondary N) is 1. The third kappa shape index (κ3) is 8.35. The van der Waals surface area contributed by atoms with Crippen molar-refractivity contribution in [1.82, 2.24) is 10.2 Å². The molecule has 1 unspecified atom stereocenters. The monoisotopic (exact) mass is 567 g/mol. The minimum absolute atomic E-state index is 0.0735.